The van der Waals surface area contributed by atoms with E-state index in [-0.39, 0.29) is 5.78 Å². The van der Waals surface area contributed by atoms with Crippen LogP contribution in [0.3, 0.4) is 0 Å². The first-order chi connectivity index (χ1) is 12.3. The van der Waals surface area contributed by atoms with Crippen LogP contribution in [0, 0.1) is 0 Å². The Balaban J connectivity index is 1.50. The van der Waals surface area contributed by atoms with Gasteiger partial charge in [0.15, 0.2) is 5.01 Å². The SMILES string of the molecule is O=C(c1cccc(OCc2ccc3ccccc3c2)c1)c1nccs1. The number of rotatable bonds is 5. The summed E-state index contributed by atoms with van der Waals surface area (Å²) in [6.45, 7) is 0.458. The Kier molecular flexibility index (Phi) is 4.27. The minimum Gasteiger partial charge on any atom is -0.489 e. The molecule has 1 heterocycles. The molecule has 0 saturated carbocycles. The zero-order valence-corrected chi connectivity index (χ0v) is 14.2. The highest BCUT2D eigenvalue weighted by atomic mass is 32.1. The van der Waals surface area contributed by atoms with Crippen LogP contribution in [0.1, 0.15) is 20.9 Å². The lowest BCUT2D eigenvalue weighted by Gasteiger charge is -2.08. The number of thiazole rings is 1. The number of hydrogen-bond acceptors (Lipinski definition) is 4. The van der Waals surface area contributed by atoms with Crippen LogP contribution < -0.4 is 4.74 Å². The number of nitrogens with zero attached hydrogens (tertiary/aromatic N) is 1. The molecule has 3 nitrogen and oxygen atoms in total. The Morgan fingerprint density at radius 3 is 2.68 bits per heavy atom. The summed E-state index contributed by atoms with van der Waals surface area (Å²) in [6.07, 6.45) is 1.64. The second-order valence-electron chi connectivity index (χ2n) is 5.66. The third kappa shape index (κ3) is 3.44. The van der Waals surface area contributed by atoms with Crippen LogP contribution >= 0.6 is 11.3 Å². The monoisotopic (exact) mass is 345 g/mol. The van der Waals surface area contributed by atoms with Gasteiger partial charge in [-0.2, -0.15) is 0 Å². The largest absolute Gasteiger partial charge is 0.489 e. The van der Waals surface area contributed by atoms with Crippen molar-refractivity contribution in [1.82, 2.24) is 4.98 Å². The van der Waals surface area contributed by atoms with Crippen LogP contribution in [0.15, 0.2) is 78.3 Å². The quantitative estimate of drug-likeness (QED) is 0.472. The van der Waals surface area contributed by atoms with E-state index in [2.05, 4.69) is 35.3 Å². The third-order valence-corrected chi connectivity index (χ3v) is 4.71. The molecule has 0 N–H and O–H groups in total. The number of aromatic nitrogens is 1. The lowest BCUT2D eigenvalue weighted by atomic mass is 10.1. The highest BCUT2D eigenvalue weighted by molar-refractivity contribution is 7.11. The molecule has 4 rings (SSSR count). The van der Waals surface area contributed by atoms with E-state index in [4.69, 9.17) is 4.74 Å². The first-order valence-corrected chi connectivity index (χ1v) is 8.82. The predicted octanol–water partition coefficient (Wildman–Crippen LogP) is 5.11. The number of carbonyl (C=O) groups is 1. The molecule has 0 aliphatic carbocycles. The van der Waals surface area contributed by atoms with Gasteiger partial charge in [0.1, 0.15) is 12.4 Å². The molecule has 0 bridgehead atoms. The first kappa shape index (κ1) is 15.5. The standard InChI is InChI=1S/C21H15NO2S/c23-20(21-22-10-11-25-21)18-6-3-7-19(13-18)24-14-15-8-9-16-4-1-2-5-17(16)12-15/h1-13H,14H2. The fraction of sp³-hybridized carbons (Fsp3) is 0.0476. The number of benzene rings is 3. The fourth-order valence-corrected chi connectivity index (χ4v) is 3.28. The van der Waals surface area contributed by atoms with Crippen molar-refractivity contribution in [3.8, 4) is 5.75 Å². The van der Waals surface area contributed by atoms with Crippen molar-refractivity contribution < 1.29 is 9.53 Å². The highest BCUT2D eigenvalue weighted by Crippen LogP contribution is 2.20. The van der Waals surface area contributed by atoms with E-state index in [9.17, 15) is 4.79 Å². The van der Waals surface area contributed by atoms with Crippen LogP contribution in [0.2, 0.25) is 0 Å². The van der Waals surface area contributed by atoms with Crippen LogP contribution in [0.5, 0.6) is 5.75 Å². The van der Waals surface area contributed by atoms with Crippen molar-refractivity contribution in [2.45, 2.75) is 6.61 Å². The lowest BCUT2D eigenvalue weighted by Crippen LogP contribution is -2.01. The van der Waals surface area contributed by atoms with Crippen molar-refractivity contribution in [2.24, 2.45) is 0 Å². The van der Waals surface area contributed by atoms with Gasteiger partial charge in [0.25, 0.3) is 0 Å². The van der Waals surface area contributed by atoms with Crippen LogP contribution in [0.4, 0.5) is 0 Å². The summed E-state index contributed by atoms with van der Waals surface area (Å²) in [5.74, 6) is 0.599. The molecule has 25 heavy (non-hydrogen) atoms. The van der Waals surface area contributed by atoms with Crippen LogP contribution in [-0.2, 0) is 6.61 Å². The van der Waals surface area contributed by atoms with Crippen molar-refractivity contribution in [3.63, 3.8) is 0 Å². The van der Waals surface area contributed by atoms with E-state index in [1.165, 1.54) is 22.1 Å². The Bertz CT molecular complexity index is 1020. The van der Waals surface area contributed by atoms with Gasteiger partial charge in [-0.25, -0.2) is 4.98 Å². The minimum atomic E-state index is -0.0776. The van der Waals surface area contributed by atoms with Gasteiger partial charge in [-0.15, -0.1) is 11.3 Å². The van der Waals surface area contributed by atoms with Crippen LogP contribution in [-0.4, -0.2) is 10.8 Å². The van der Waals surface area contributed by atoms with E-state index in [0.717, 1.165) is 5.56 Å². The van der Waals surface area contributed by atoms with E-state index in [0.29, 0.717) is 22.9 Å². The molecule has 0 spiro atoms. The number of fused-ring (bicyclic) bond motifs is 1. The molecule has 4 heteroatoms. The lowest BCUT2D eigenvalue weighted by molar-refractivity contribution is 0.103. The van der Waals surface area contributed by atoms with Crippen LogP contribution in [0.25, 0.3) is 10.8 Å². The summed E-state index contributed by atoms with van der Waals surface area (Å²) in [5, 5.41) is 4.69. The summed E-state index contributed by atoms with van der Waals surface area (Å²) < 4.78 is 5.88. The second kappa shape index (κ2) is 6.87. The number of hydrogen-bond donors (Lipinski definition) is 0. The molecular weight excluding hydrogens is 330 g/mol. The van der Waals surface area contributed by atoms with Gasteiger partial charge in [-0.3, -0.25) is 4.79 Å². The van der Waals surface area contributed by atoms with E-state index >= 15 is 0 Å². The van der Waals surface area contributed by atoms with Crippen molar-refractivity contribution >= 4 is 27.9 Å². The summed E-state index contributed by atoms with van der Waals surface area (Å²) in [7, 11) is 0. The smallest absolute Gasteiger partial charge is 0.221 e. The van der Waals surface area contributed by atoms with Gasteiger partial charge in [0.2, 0.25) is 5.78 Å². The summed E-state index contributed by atoms with van der Waals surface area (Å²) >= 11 is 1.34. The molecular formula is C21H15NO2S. The molecule has 0 fully saturated rings. The number of ketones is 1. The predicted molar refractivity (Wildman–Crippen MR) is 100 cm³/mol. The molecule has 0 aliphatic heterocycles. The molecule has 0 atom stereocenters. The van der Waals surface area contributed by atoms with E-state index < -0.39 is 0 Å². The Morgan fingerprint density at radius 2 is 1.84 bits per heavy atom. The molecule has 0 unspecified atom stereocenters. The number of carbonyl (C=O) groups excluding carboxylic acids is 1. The molecule has 122 valence electrons. The maximum atomic E-state index is 12.4. The topological polar surface area (TPSA) is 39.2 Å². The Labute approximate surface area is 149 Å². The van der Waals surface area contributed by atoms with Gasteiger partial charge in [-0.05, 0) is 34.5 Å². The zero-order chi connectivity index (χ0) is 17.1. The van der Waals surface area contributed by atoms with Gasteiger partial charge < -0.3 is 4.74 Å². The molecule has 0 saturated heterocycles. The number of ether oxygens (including phenoxy) is 1. The Morgan fingerprint density at radius 1 is 0.960 bits per heavy atom. The van der Waals surface area contributed by atoms with Crippen molar-refractivity contribution in [2.75, 3.05) is 0 Å². The fourth-order valence-electron chi connectivity index (χ4n) is 2.68. The molecule has 3 aromatic carbocycles. The molecule has 0 aliphatic rings. The summed E-state index contributed by atoms with van der Waals surface area (Å²) in [6, 6.07) is 21.8. The molecule has 1 aromatic heterocycles. The highest BCUT2D eigenvalue weighted by Gasteiger charge is 2.12. The van der Waals surface area contributed by atoms with Gasteiger partial charge in [0, 0.05) is 17.1 Å². The average Bonchev–Trinajstić information content (AvgIpc) is 3.20. The van der Waals surface area contributed by atoms with Crippen molar-refractivity contribution in [1.29, 1.82) is 0 Å². The second-order valence-corrected chi connectivity index (χ2v) is 6.56. The third-order valence-electron chi connectivity index (χ3n) is 3.94. The van der Waals surface area contributed by atoms with Gasteiger partial charge in [0.05, 0.1) is 0 Å². The summed E-state index contributed by atoms with van der Waals surface area (Å²) in [5.41, 5.74) is 1.68. The van der Waals surface area contributed by atoms with Gasteiger partial charge >= 0.3 is 0 Å². The van der Waals surface area contributed by atoms with E-state index in [1.807, 2.05) is 24.3 Å². The minimum absolute atomic E-state index is 0.0776. The van der Waals surface area contributed by atoms with Crippen molar-refractivity contribution in [3.05, 3.63) is 94.4 Å². The molecule has 0 amide bonds. The molecule has 0 radical (unpaired) electrons. The van der Waals surface area contributed by atoms with E-state index in [1.54, 1.807) is 23.7 Å². The normalized spacial score (nSPS) is 10.7. The maximum Gasteiger partial charge on any atom is 0.221 e. The summed E-state index contributed by atoms with van der Waals surface area (Å²) in [4.78, 5) is 16.4. The van der Waals surface area contributed by atoms with Gasteiger partial charge in [-0.1, -0.05) is 48.5 Å². The first-order valence-electron chi connectivity index (χ1n) is 7.94. The molecule has 4 aromatic rings. The zero-order valence-electron chi connectivity index (χ0n) is 13.4. The maximum absolute atomic E-state index is 12.4. The Hall–Kier alpha value is -2.98. The average molecular weight is 345 g/mol.